The molecular weight excluding hydrogens is 333 g/mol. The summed E-state index contributed by atoms with van der Waals surface area (Å²) in [4.78, 5) is 11.3. The SMILES string of the molecule is NC(=NCCc1ccccc1)NCCNc1nccc(C(F)(F)F)n1. The Morgan fingerprint density at radius 2 is 1.88 bits per heavy atom. The molecule has 0 spiro atoms. The van der Waals surface area contributed by atoms with Gasteiger partial charge in [0.25, 0.3) is 0 Å². The lowest BCUT2D eigenvalue weighted by Crippen LogP contribution is -2.35. The van der Waals surface area contributed by atoms with E-state index in [2.05, 4.69) is 25.6 Å². The van der Waals surface area contributed by atoms with Gasteiger partial charge in [0.2, 0.25) is 5.95 Å². The molecule has 6 nitrogen and oxygen atoms in total. The number of alkyl halides is 3. The van der Waals surface area contributed by atoms with Gasteiger partial charge in [-0.3, -0.25) is 4.99 Å². The fourth-order valence-corrected chi connectivity index (χ4v) is 1.97. The number of anilines is 1. The molecule has 134 valence electrons. The van der Waals surface area contributed by atoms with Gasteiger partial charge in [-0.05, 0) is 18.1 Å². The Bertz CT molecular complexity index is 688. The van der Waals surface area contributed by atoms with Crippen molar-refractivity contribution >= 4 is 11.9 Å². The molecule has 2 aromatic rings. The highest BCUT2D eigenvalue weighted by Gasteiger charge is 2.32. The van der Waals surface area contributed by atoms with E-state index in [1.807, 2.05) is 30.3 Å². The molecule has 0 atom stereocenters. The topological polar surface area (TPSA) is 88.2 Å². The molecule has 4 N–H and O–H groups in total. The summed E-state index contributed by atoms with van der Waals surface area (Å²) >= 11 is 0. The zero-order chi connectivity index (χ0) is 18.1. The molecule has 0 aliphatic heterocycles. The highest BCUT2D eigenvalue weighted by Crippen LogP contribution is 2.27. The third-order valence-electron chi connectivity index (χ3n) is 3.19. The van der Waals surface area contributed by atoms with Gasteiger partial charge in [-0.2, -0.15) is 13.2 Å². The van der Waals surface area contributed by atoms with E-state index in [0.29, 0.717) is 19.6 Å². The molecule has 1 aromatic carbocycles. The molecule has 0 aliphatic carbocycles. The Kier molecular flexibility index (Phi) is 6.55. The number of rotatable bonds is 7. The minimum Gasteiger partial charge on any atom is -0.370 e. The van der Waals surface area contributed by atoms with E-state index in [0.717, 1.165) is 18.7 Å². The number of halogens is 3. The van der Waals surface area contributed by atoms with Gasteiger partial charge in [0.15, 0.2) is 5.96 Å². The number of aliphatic imine (C=N–C) groups is 1. The Hall–Kier alpha value is -2.84. The second-order valence-electron chi connectivity index (χ2n) is 5.12. The molecule has 1 heterocycles. The molecule has 0 saturated heterocycles. The maximum Gasteiger partial charge on any atom is 0.433 e. The number of hydrogen-bond donors (Lipinski definition) is 3. The first-order chi connectivity index (χ1) is 11.9. The monoisotopic (exact) mass is 352 g/mol. The second kappa shape index (κ2) is 8.86. The summed E-state index contributed by atoms with van der Waals surface area (Å²) in [7, 11) is 0. The van der Waals surface area contributed by atoms with Gasteiger partial charge in [-0.1, -0.05) is 30.3 Å². The lowest BCUT2D eigenvalue weighted by atomic mass is 10.2. The van der Waals surface area contributed by atoms with Crippen LogP contribution in [0.1, 0.15) is 11.3 Å². The maximum atomic E-state index is 12.5. The Morgan fingerprint density at radius 3 is 2.60 bits per heavy atom. The van der Waals surface area contributed by atoms with Crippen LogP contribution in [0.2, 0.25) is 0 Å². The Balaban J connectivity index is 1.69. The molecule has 0 fully saturated rings. The van der Waals surface area contributed by atoms with Crippen molar-refractivity contribution in [2.24, 2.45) is 10.7 Å². The lowest BCUT2D eigenvalue weighted by molar-refractivity contribution is -0.141. The maximum absolute atomic E-state index is 12.5. The average molecular weight is 352 g/mol. The summed E-state index contributed by atoms with van der Waals surface area (Å²) in [6, 6.07) is 10.7. The summed E-state index contributed by atoms with van der Waals surface area (Å²) in [6.45, 7) is 1.23. The average Bonchev–Trinajstić information content (AvgIpc) is 2.59. The van der Waals surface area contributed by atoms with Crippen LogP contribution in [-0.4, -0.2) is 35.6 Å². The molecule has 0 aliphatic rings. The van der Waals surface area contributed by atoms with E-state index in [9.17, 15) is 13.2 Å². The van der Waals surface area contributed by atoms with Gasteiger partial charge in [-0.15, -0.1) is 0 Å². The second-order valence-corrected chi connectivity index (χ2v) is 5.12. The highest BCUT2D eigenvalue weighted by molar-refractivity contribution is 5.77. The summed E-state index contributed by atoms with van der Waals surface area (Å²) in [5, 5.41) is 5.57. The number of aromatic nitrogens is 2. The first kappa shape index (κ1) is 18.5. The molecule has 0 unspecified atom stereocenters. The zero-order valence-corrected chi connectivity index (χ0v) is 13.4. The van der Waals surface area contributed by atoms with Crippen LogP contribution in [0.25, 0.3) is 0 Å². The standard InChI is InChI=1S/C16H19F3N6/c17-16(18,19)13-7-9-23-15(25-13)24-11-10-22-14(20)21-8-6-12-4-2-1-3-5-12/h1-5,7,9H,6,8,10-11H2,(H3,20,21,22)(H,23,24,25). The van der Waals surface area contributed by atoms with Crippen LogP contribution in [0.4, 0.5) is 19.1 Å². The predicted octanol–water partition coefficient (Wildman–Crippen LogP) is 2.05. The molecule has 2 rings (SSSR count). The Labute approximate surface area is 143 Å². The van der Waals surface area contributed by atoms with Crippen LogP contribution in [-0.2, 0) is 12.6 Å². The first-order valence-electron chi connectivity index (χ1n) is 7.67. The van der Waals surface area contributed by atoms with Crippen LogP contribution in [0.15, 0.2) is 47.6 Å². The van der Waals surface area contributed by atoms with Gasteiger partial charge in [-0.25, -0.2) is 9.97 Å². The minimum absolute atomic E-state index is 0.0868. The van der Waals surface area contributed by atoms with Crippen molar-refractivity contribution in [1.82, 2.24) is 15.3 Å². The van der Waals surface area contributed by atoms with Crippen molar-refractivity contribution < 1.29 is 13.2 Å². The van der Waals surface area contributed by atoms with Crippen molar-refractivity contribution in [2.45, 2.75) is 12.6 Å². The molecule has 0 radical (unpaired) electrons. The van der Waals surface area contributed by atoms with Crippen molar-refractivity contribution in [3.8, 4) is 0 Å². The molecule has 0 bridgehead atoms. The number of nitrogens with two attached hydrogens (primary N) is 1. The van der Waals surface area contributed by atoms with Gasteiger partial charge in [0.05, 0.1) is 0 Å². The fourth-order valence-electron chi connectivity index (χ4n) is 1.97. The normalized spacial score (nSPS) is 12.0. The van der Waals surface area contributed by atoms with Crippen LogP contribution in [0.3, 0.4) is 0 Å². The molecule has 1 aromatic heterocycles. The van der Waals surface area contributed by atoms with Crippen LogP contribution < -0.4 is 16.4 Å². The fraction of sp³-hybridized carbons (Fsp3) is 0.312. The summed E-state index contributed by atoms with van der Waals surface area (Å²) in [5.41, 5.74) is 5.91. The molecule has 0 saturated carbocycles. The largest absolute Gasteiger partial charge is 0.433 e. The van der Waals surface area contributed by atoms with Crippen molar-refractivity contribution in [2.75, 3.05) is 25.0 Å². The van der Waals surface area contributed by atoms with Crippen molar-refractivity contribution in [1.29, 1.82) is 0 Å². The number of guanidine groups is 1. The molecule has 9 heteroatoms. The zero-order valence-electron chi connectivity index (χ0n) is 13.4. The van der Waals surface area contributed by atoms with E-state index in [1.165, 1.54) is 5.56 Å². The number of hydrogen-bond acceptors (Lipinski definition) is 4. The van der Waals surface area contributed by atoms with E-state index in [1.54, 1.807) is 0 Å². The van der Waals surface area contributed by atoms with E-state index < -0.39 is 11.9 Å². The minimum atomic E-state index is -4.49. The van der Waals surface area contributed by atoms with E-state index in [-0.39, 0.29) is 11.9 Å². The summed E-state index contributed by atoms with van der Waals surface area (Å²) < 4.78 is 37.6. The van der Waals surface area contributed by atoms with Gasteiger partial charge in [0.1, 0.15) is 5.69 Å². The third-order valence-corrected chi connectivity index (χ3v) is 3.19. The molecule has 25 heavy (non-hydrogen) atoms. The van der Waals surface area contributed by atoms with Crippen LogP contribution >= 0.6 is 0 Å². The van der Waals surface area contributed by atoms with Gasteiger partial charge < -0.3 is 16.4 Å². The quantitative estimate of drug-likeness (QED) is 0.403. The smallest absolute Gasteiger partial charge is 0.370 e. The molecule has 0 amide bonds. The van der Waals surface area contributed by atoms with Gasteiger partial charge >= 0.3 is 6.18 Å². The Morgan fingerprint density at radius 1 is 1.12 bits per heavy atom. The lowest BCUT2D eigenvalue weighted by Gasteiger charge is -2.09. The number of nitrogens with one attached hydrogen (secondary N) is 2. The van der Waals surface area contributed by atoms with Crippen molar-refractivity contribution in [3.05, 3.63) is 53.9 Å². The van der Waals surface area contributed by atoms with Crippen LogP contribution in [0, 0.1) is 0 Å². The summed E-state index contributed by atoms with van der Waals surface area (Å²) in [6.07, 6.45) is -2.65. The van der Waals surface area contributed by atoms with E-state index in [4.69, 9.17) is 5.73 Å². The number of nitrogens with zero attached hydrogens (tertiary/aromatic N) is 3. The summed E-state index contributed by atoms with van der Waals surface area (Å²) in [5.74, 6) is 0.193. The number of benzene rings is 1. The predicted molar refractivity (Wildman–Crippen MR) is 90.2 cm³/mol. The highest BCUT2D eigenvalue weighted by atomic mass is 19.4. The van der Waals surface area contributed by atoms with E-state index >= 15 is 0 Å². The van der Waals surface area contributed by atoms with Gasteiger partial charge in [0, 0.05) is 25.8 Å². The first-order valence-corrected chi connectivity index (χ1v) is 7.67. The van der Waals surface area contributed by atoms with Crippen molar-refractivity contribution in [3.63, 3.8) is 0 Å². The third kappa shape index (κ3) is 6.66. The van der Waals surface area contributed by atoms with Crippen LogP contribution in [0.5, 0.6) is 0 Å². The molecular formula is C16H19F3N6.